The van der Waals surface area contributed by atoms with Gasteiger partial charge in [-0.1, -0.05) is 61.3 Å². The van der Waals surface area contributed by atoms with Gasteiger partial charge in [-0.15, -0.1) is 0 Å². The molecule has 0 saturated heterocycles. The van der Waals surface area contributed by atoms with E-state index in [9.17, 15) is 18.0 Å². The molecular formula is C25H34ClN3O4S. The minimum absolute atomic E-state index is 0.0931. The van der Waals surface area contributed by atoms with Gasteiger partial charge in [-0.25, -0.2) is 8.42 Å². The van der Waals surface area contributed by atoms with Crippen LogP contribution in [0.2, 0.25) is 5.02 Å². The lowest BCUT2D eigenvalue weighted by Gasteiger charge is -2.29. The van der Waals surface area contributed by atoms with Crippen molar-refractivity contribution in [3.05, 3.63) is 65.2 Å². The van der Waals surface area contributed by atoms with Crippen LogP contribution in [0.15, 0.2) is 54.6 Å². The summed E-state index contributed by atoms with van der Waals surface area (Å²) in [6, 6.07) is 15.3. The summed E-state index contributed by atoms with van der Waals surface area (Å²) in [6.07, 6.45) is 3.36. The van der Waals surface area contributed by atoms with Crippen LogP contribution in [0.4, 0.5) is 5.69 Å². The molecule has 0 spiro atoms. The zero-order valence-electron chi connectivity index (χ0n) is 20.0. The fourth-order valence-electron chi connectivity index (χ4n) is 3.53. The van der Waals surface area contributed by atoms with E-state index in [1.165, 1.54) is 9.21 Å². The molecule has 0 aromatic heterocycles. The quantitative estimate of drug-likeness (QED) is 0.411. The number of amides is 2. The number of hydrogen-bond acceptors (Lipinski definition) is 4. The molecule has 7 nitrogen and oxygen atoms in total. The lowest BCUT2D eigenvalue weighted by atomic mass is 10.1. The molecule has 0 bridgehead atoms. The van der Waals surface area contributed by atoms with Gasteiger partial charge in [-0.2, -0.15) is 0 Å². The first-order chi connectivity index (χ1) is 16.1. The van der Waals surface area contributed by atoms with E-state index in [1.54, 1.807) is 37.3 Å². The molecular weight excluding hydrogens is 474 g/mol. The Bertz CT molecular complexity index is 1050. The molecule has 0 saturated carbocycles. The summed E-state index contributed by atoms with van der Waals surface area (Å²) in [5.41, 5.74) is 1.29. The van der Waals surface area contributed by atoms with Gasteiger partial charge >= 0.3 is 0 Å². The number of sulfonamides is 1. The number of anilines is 1. The molecule has 0 aliphatic rings. The topological polar surface area (TPSA) is 86.8 Å². The third-order valence-corrected chi connectivity index (χ3v) is 7.05. The molecule has 9 heteroatoms. The standard InChI is InChI=1S/C25H34ClN3O4S/c1-4-5-17-27-25(31)20(2)28(19-21-12-9-10-15-23(21)26)24(30)16-11-18-29(34(3,32)33)22-13-7-6-8-14-22/h6-10,12-15,20H,4-5,11,16-19H2,1-3H3,(H,27,31). The number of benzene rings is 2. The SMILES string of the molecule is CCCCNC(=O)C(C)N(Cc1ccccc1Cl)C(=O)CCCN(c1ccccc1)S(C)(=O)=O. The smallest absolute Gasteiger partial charge is 0.242 e. The predicted octanol–water partition coefficient (Wildman–Crippen LogP) is 4.22. The van der Waals surface area contributed by atoms with Crippen molar-refractivity contribution in [3.8, 4) is 0 Å². The highest BCUT2D eigenvalue weighted by atomic mass is 35.5. The number of nitrogens with one attached hydrogen (secondary N) is 1. The fourth-order valence-corrected chi connectivity index (χ4v) is 4.69. The van der Waals surface area contributed by atoms with E-state index >= 15 is 0 Å². The first-order valence-electron chi connectivity index (χ1n) is 11.5. The highest BCUT2D eigenvalue weighted by Gasteiger charge is 2.27. The molecule has 2 rings (SSSR count). The molecule has 1 atom stereocenters. The second-order valence-corrected chi connectivity index (χ2v) is 10.5. The first-order valence-corrected chi connectivity index (χ1v) is 13.7. The number of carbonyl (C=O) groups excluding carboxylic acids is 2. The molecule has 186 valence electrons. The Hall–Kier alpha value is -2.58. The molecule has 1 N–H and O–H groups in total. The summed E-state index contributed by atoms with van der Waals surface area (Å²) in [5.74, 6) is -0.463. The van der Waals surface area contributed by atoms with Crippen LogP contribution in [0, 0.1) is 0 Å². The molecule has 0 radical (unpaired) electrons. The van der Waals surface area contributed by atoms with Gasteiger partial charge in [0.05, 0.1) is 11.9 Å². The molecule has 2 aromatic rings. The highest BCUT2D eigenvalue weighted by Crippen LogP contribution is 2.21. The van der Waals surface area contributed by atoms with Gasteiger partial charge in [0, 0.05) is 31.1 Å². The van der Waals surface area contributed by atoms with Crippen LogP contribution in [0.1, 0.15) is 45.1 Å². The maximum atomic E-state index is 13.2. The second-order valence-electron chi connectivity index (χ2n) is 8.21. The normalized spacial score (nSPS) is 12.1. The van der Waals surface area contributed by atoms with Crippen LogP contribution < -0.4 is 9.62 Å². The van der Waals surface area contributed by atoms with Gasteiger partial charge in [-0.05, 0) is 43.5 Å². The van der Waals surface area contributed by atoms with Crippen molar-refractivity contribution in [3.63, 3.8) is 0 Å². The van der Waals surface area contributed by atoms with E-state index in [0.717, 1.165) is 24.7 Å². The Morgan fingerprint density at radius 3 is 2.29 bits per heavy atom. The molecule has 34 heavy (non-hydrogen) atoms. The zero-order valence-corrected chi connectivity index (χ0v) is 21.6. The summed E-state index contributed by atoms with van der Waals surface area (Å²) in [7, 11) is -3.51. The molecule has 2 aromatic carbocycles. The maximum absolute atomic E-state index is 13.2. The molecule has 0 aliphatic carbocycles. The number of nitrogens with zero attached hydrogens (tertiary/aromatic N) is 2. The number of carbonyl (C=O) groups is 2. The van der Waals surface area contributed by atoms with Crippen molar-refractivity contribution in [1.29, 1.82) is 0 Å². The van der Waals surface area contributed by atoms with Crippen LogP contribution in [0.5, 0.6) is 0 Å². The van der Waals surface area contributed by atoms with Gasteiger partial charge in [0.25, 0.3) is 0 Å². The van der Waals surface area contributed by atoms with Crippen LogP contribution >= 0.6 is 11.6 Å². The van der Waals surface area contributed by atoms with E-state index in [1.807, 2.05) is 31.2 Å². The number of halogens is 1. The third kappa shape index (κ3) is 8.33. The maximum Gasteiger partial charge on any atom is 0.242 e. The summed E-state index contributed by atoms with van der Waals surface area (Å²) in [6.45, 7) is 4.63. The van der Waals surface area contributed by atoms with E-state index in [2.05, 4.69) is 5.32 Å². The van der Waals surface area contributed by atoms with Crippen LogP contribution in [-0.2, 0) is 26.2 Å². The monoisotopic (exact) mass is 507 g/mol. The minimum atomic E-state index is -3.51. The lowest BCUT2D eigenvalue weighted by Crippen LogP contribution is -2.48. The first kappa shape index (κ1) is 27.7. The summed E-state index contributed by atoms with van der Waals surface area (Å²) in [4.78, 5) is 27.5. The summed E-state index contributed by atoms with van der Waals surface area (Å²) < 4.78 is 25.9. The zero-order chi connectivity index (χ0) is 25.1. The Balaban J connectivity index is 2.13. The van der Waals surface area contributed by atoms with Gasteiger partial charge in [-0.3, -0.25) is 13.9 Å². The fraction of sp³-hybridized carbons (Fsp3) is 0.440. The van der Waals surface area contributed by atoms with Crippen molar-refractivity contribution in [2.75, 3.05) is 23.7 Å². The summed E-state index contributed by atoms with van der Waals surface area (Å²) >= 11 is 6.31. The van der Waals surface area contributed by atoms with Gasteiger partial charge < -0.3 is 10.2 Å². The van der Waals surface area contributed by atoms with Crippen molar-refractivity contribution >= 4 is 39.1 Å². The number of rotatable bonds is 13. The number of para-hydroxylation sites is 1. The number of hydrogen-bond donors (Lipinski definition) is 1. The van der Waals surface area contributed by atoms with Crippen LogP contribution in [0.25, 0.3) is 0 Å². The molecule has 0 heterocycles. The van der Waals surface area contributed by atoms with Crippen molar-refractivity contribution in [2.45, 2.75) is 52.1 Å². The van der Waals surface area contributed by atoms with Crippen molar-refractivity contribution in [2.24, 2.45) is 0 Å². The van der Waals surface area contributed by atoms with Gasteiger partial charge in [0.15, 0.2) is 0 Å². The van der Waals surface area contributed by atoms with Crippen LogP contribution in [0.3, 0.4) is 0 Å². The Kier molecular flexibility index (Phi) is 10.9. The lowest BCUT2D eigenvalue weighted by molar-refractivity contribution is -0.140. The molecule has 1 unspecified atom stereocenters. The van der Waals surface area contributed by atoms with Crippen molar-refractivity contribution < 1.29 is 18.0 Å². The van der Waals surface area contributed by atoms with E-state index in [-0.39, 0.29) is 31.3 Å². The average Bonchev–Trinajstić information content (AvgIpc) is 2.80. The molecule has 0 fully saturated rings. The molecule has 0 aliphatic heterocycles. The largest absolute Gasteiger partial charge is 0.354 e. The van der Waals surface area contributed by atoms with Crippen LogP contribution in [-0.4, -0.2) is 50.5 Å². The number of unbranched alkanes of at least 4 members (excludes halogenated alkanes) is 1. The molecule has 2 amide bonds. The minimum Gasteiger partial charge on any atom is -0.354 e. The average molecular weight is 508 g/mol. The van der Waals surface area contributed by atoms with Gasteiger partial charge in [0.2, 0.25) is 21.8 Å². The summed E-state index contributed by atoms with van der Waals surface area (Å²) in [5, 5.41) is 3.40. The van der Waals surface area contributed by atoms with E-state index in [0.29, 0.717) is 23.7 Å². The Morgan fingerprint density at radius 1 is 1.03 bits per heavy atom. The Morgan fingerprint density at radius 2 is 1.68 bits per heavy atom. The third-order valence-electron chi connectivity index (χ3n) is 5.49. The highest BCUT2D eigenvalue weighted by molar-refractivity contribution is 7.92. The Labute approximate surface area is 208 Å². The van der Waals surface area contributed by atoms with Crippen molar-refractivity contribution in [1.82, 2.24) is 10.2 Å². The second kappa shape index (κ2) is 13.3. The van der Waals surface area contributed by atoms with E-state index < -0.39 is 16.1 Å². The van der Waals surface area contributed by atoms with Gasteiger partial charge in [0.1, 0.15) is 6.04 Å². The predicted molar refractivity (Wildman–Crippen MR) is 137 cm³/mol. The van der Waals surface area contributed by atoms with E-state index in [4.69, 9.17) is 11.6 Å².